The molecule has 3 nitrogen and oxygen atoms in total. The van der Waals surface area contributed by atoms with Crippen molar-refractivity contribution in [3.63, 3.8) is 0 Å². The Kier molecular flexibility index (Phi) is 14.3. The van der Waals surface area contributed by atoms with E-state index in [4.69, 9.17) is 0 Å². The van der Waals surface area contributed by atoms with Crippen molar-refractivity contribution in [3.8, 4) is 0 Å². The maximum absolute atomic E-state index is 11.4. The van der Waals surface area contributed by atoms with Crippen LogP contribution in [0.25, 0.3) is 0 Å². The molecule has 0 bridgehead atoms. The first kappa shape index (κ1) is 25.1. The molecular weight excluding hydrogens is 348 g/mol. The predicted molar refractivity (Wildman–Crippen MR) is 118 cm³/mol. The van der Waals surface area contributed by atoms with Crippen LogP contribution < -0.4 is 0 Å². The highest BCUT2D eigenvalue weighted by Crippen LogP contribution is 2.28. The Balaban J connectivity index is 1.83. The smallest absolute Gasteiger partial charge is 0.158 e. The Morgan fingerprint density at radius 3 is 1.93 bits per heavy atom. The van der Waals surface area contributed by atoms with Crippen LogP contribution in [0.3, 0.4) is 0 Å². The first-order chi connectivity index (χ1) is 13.6. The fourth-order valence-electron chi connectivity index (χ4n) is 4.00. The lowest BCUT2D eigenvalue weighted by atomic mass is 9.82. The zero-order valence-corrected chi connectivity index (χ0v) is 18.2. The van der Waals surface area contributed by atoms with Gasteiger partial charge in [0.25, 0.3) is 0 Å². The summed E-state index contributed by atoms with van der Waals surface area (Å²) in [5, 5.41) is 20.3. The summed E-state index contributed by atoms with van der Waals surface area (Å²) in [6.07, 6.45) is 26.1. The van der Waals surface area contributed by atoms with Gasteiger partial charge in [-0.05, 0) is 37.8 Å². The van der Waals surface area contributed by atoms with E-state index in [9.17, 15) is 15.0 Å². The molecule has 0 aromatic carbocycles. The van der Waals surface area contributed by atoms with Gasteiger partial charge in [-0.25, -0.2) is 0 Å². The molecule has 1 rings (SSSR count). The molecule has 3 heteroatoms. The molecule has 0 fully saturated rings. The van der Waals surface area contributed by atoms with E-state index in [0.717, 1.165) is 19.3 Å². The number of ketones is 1. The van der Waals surface area contributed by atoms with E-state index in [1.807, 2.05) is 0 Å². The Hall–Kier alpha value is -0.930. The van der Waals surface area contributed by atoms with E-state index in [1.165, 1.54) is 89.2 Å². The van der Waals surface area contributed by atoms with Crippen molar-refractivity contribution in [2.45, 2.75) is 128 Å². The molecule has 2 atom stereocenters. The predicted octanol–water partition coefficient (Wildman–Crippen LogP) is 6.43. The molecule has 0 aromatic rings. The molecule has 28 heavy (non-hydrogen) atoms. The first-order valence-electron chi connectivity index (χ1n) is 11.8. The number of unbranched alkanes of at least 4 members (excludes halogenated alkanes) is 13. The molecule has 0 heterocycles. The van der Waals surface area contributed by atoms with Gasteiger partial charge < -0.3 is 10.2 Å². The Labute approximate surface area is 173 Å². The maximum Gasteiger partial charge on any atom is 0.158 e. The molecule has 0 unspecified atom stereocenters. The molecule has 0 aromatic heterocycles. The minimum absolute atomic E-state index is 0.0561. The highest BCUT2D eigenvalue weighted by Gasteiger charge is 2.37. The number of carbonyl (C=O) groups excluding carboxylic acids is 1. The van der Waals surface area contributed by atoms with Crippen molar-refractivity contribution in [1.29, 1.82) is 0 Å². The second kappa shape index (κ2) is 15.9. The van der Waals surface area contributed by atoms with Crippen molar-refractivity contribution < 1.29 is 15.0 Å². The van der Waals surface area contributed by atoms with E-state index < -0.39 is 11.7 Å². The monoisotopic (exact) mass is 392 g/mol. The normalized spacial score (nSPS) is 22.4. The van der Waals surface area contributed by atoms with Crippen LogP contribution in [0.15, 0.2) is 24.3 Å². The number of carbonyl (C=O) groups is 1. The average Bonchev–Trinajstić information content (AvgIpc) is 2.67. The summed E-state index contributed by atoms with van der Waals surface area (Å²) in [6.45, 7) is 2.19. The molecule has 0 aliphatic heterocycles. The van der Waals surface area contributed by atoms with E-state index in [1.54, 1.807) is 0 Å². The fourth-order valence-corrected chi connectivity index (χ4v) is 4.00. The van der Waals surface area contributed by atoms with Gasteiger partial charge in [0.2, 0.25) is 0 Å². The fraction of sp³-hybridized carbons (Fsp3) is 0.800. The summed E-state index contributed by atoms with van der Waals surface area (Å²) in [5.41, 5.74) is -1.24. The van der Waals surface area contributed by atoms with E-state index in [0.29, 0.717) is 6.42 Å². The zero-order valence-electron chi connectivity index (χ0n) is 18.2. The SMILES string of the molecule is CC/C=C/CCCCCCCCCCCCCCC[C@]1(O)CC(=O)C=C[C@@H]1O. The van der Waals surface area contributed by atoms with Crippen LogP contribution in [-0.2, 0) is 4.79 Å². The third kappa shape index (κ3) is 11.8. The van der Waals surface area contributed by atoms with Gasteiger partial charge in [-0.15, -0.1) is 0 Å². The number of allylic oxidation sites excluding steroid dienone is 3. The zero-order chi connectivity index (χ0) is 20.5. The van der Waals surface area contributed by atoms with Crippen LogP contribution in [0.4, 0.5) is 0 Å². The lowest BCUT2D eigenvalue weighted by molar-refractivity contribution is -0.127. The maximum atomic E-state index is 11.4. The number of hydrogen-bond acceptors (Lipinski definition) is 3. The molecule has 0 radical (unpaired) electrons. The summed E-state index contributed by atoms with van der Waals surface area (Å²) in [4.78, 5) is 11.4. The molecule has 1 aliphatic rings. The highest BCUT2D eigenvalue weighted by molar-refractivity contribution is 5.91. The molecule has 1 aliphatic carbocycles. The van der Waals surface area contributed by atoms with E-state index in [2.05, 4.69) is 19.1 Å². The summed E-state index contributed by atoms with van der Waals surface area (Å²) in [5.74, 6) is -0.0862. The van der Waals surface area contributed by atoms with Crippen molar-refractivity contribution >= 4 is 5.78 Å². The van der Waals surface area contributed by atoms with Crippen LogP contribution >= 0.6 is 0 Å². The summed E-state index contributed by atoms with van der Waals surface area (Å²) >= 11 is 0. The van der Waals surface area contributed by atoms with Crippen molar-refractivity contribution in [3.05, 3.63) is 24.3 Å². The number of hydrogen-bond donors (Lipinski definition) is 2. The third-order valence-electron chi connectivity index (χ3n) is 5.88. The Bertz CT molecular complexity index is 455. The number of rotatable bonds is 17. The van der Waals surface area contributed by atoms with E-state index in [-0.39, 0.29) is 12.2 Å². The van der Waals surface area contributed by atoms with Crippen molar-refractivity contribution in [1.82, 2.24) is 0 Å². The van der Waals surface area contributed by atoms with Gasteiger partial charge in [-0.3, -0.25) is 4.79 Å². The third-order valence-corrected chi connectivity index (χ3v) is 5.88. The average molecular weight is 393 g/mol. The van der Waals surface area contributed by atoms with E-state index >= 15 is 0 Å². The van der Waals surface area contributed by atoms with Gasteiger partial charge in [-0.2, -0.15) is 0 Å². The molecule has 162 valence electrons. The quantitative estimate of drug-likeness (QED) is 0.222. The Morgan fingerprint density at radius 2 is 1.39 bits per heavy atom. The van der Waals surface area contributed by atoms with Crippen molar-refractivity contribution in [2.24, 2.45) is 0 Å². The van der Waals surface area contributed by atoms with Gasteiger partial charge in [0.1, 0.15) is 11.7 Å². The second-order valence-electron chi connectivity index (χ2n) is 8.57. The number of aliphatic hydroxyl groups is 2. The first-order valence-corrected chi connectivity index (χ1v) is 11.8. The molecule has 2 N–H and O–H groups in total. The summed E-state index contributed by atoms with van der Waals surface area (Å²) < 4.78 is 0. The van der Waals surface area contributed by atoms with Crippen LogP contribution in [0, 0.1) is 0 Å². The topological polar surface area (TPSA) is 57.5 Å². The summed E-state index contributed by atoms with van der Waals surface area (Å²) in [6, 6.07) is 0. The van der Waals surface area contributed by atoms with Crippen molar-refractivity contribution in [2.75, 3.05) is 0 Å². The van der Waals surface area contributed by atoms with Crippen LogP contribution in [0.5, 0.6) is 0 Å². The van der Waals surface area contributed by atoms with Crippen LogP contribution in [0.2, 0.25) is 0 Å². The standard InChI is InChI=1S/C25H44O3/c1-2-3-4-5-6-7-8-9-10-11-12-13-14-15-16-17-18-21-25(28)22-23(26)19-20-24(25)27/h3-4,19-20,24,27-28H,2,5-18,21-22H2,1H3/b4-3+/t24-,25-/m0/s1. The van der Waals surface area contributed by atoms with Gasteiger partial charge in [0, 0.05) is 6.42 Å². The summed E-state index contributed by atoms with van der Waals surface area (Å²) in [7, 11) is 0. The number of aliphatic hydroxyl groups excluding tert-OH is 1. The van der Waals surface area contributed by atoms with Gasteiger partial charge in [-0.1, -0.05) is 96.1 Å². The van der Waals surface area contributed by atoms with Gasteiger partial charge in [0.05, 0.1) is 0 Å². The molecule has 0 amide bonds. The van der Waals surface area contributed by atoms with Crippen LogP contribution in [0.1, 0.15) is 116 Å². The molecular formula is C25H44O3. The lowest BCUT2D eigenvalue weighted by Crippen LogP contribution is -2.45. The Morgan fingerprint density at radius 1 is 0.893 bits per heavy atom. The minimum Gasteiger partial charge on any atom is -0.386 e. The molecule has 0 saturated heterocycles. The van der Waals surface area contributed by atoms with Gasteiger partial charge >= 0.3 is 0 Å². The van der Waals surface area contributed by atoms with Gasteiger partial charge in [0.15, 0.2) is 5.78 Å². The molecule has 0 saturated carbocycles. The largest absolute Gasteiger partial charge is 0.386 e. The molecule has 0 spiro atoms. The highest BCUT2D eigenvalue weighted by atomic mass is 16.3. The second-order valence-corrected chi connectivity index (χ2v) is 8.57. The minimum atomic E-state index is -1.24. The lowest BCUT2D eigenvalue weighted by Gasteiger charge is -2.33. The van der Waals surface area contributed by atoms with Crippen LogP contribution in [-0.4, -0.2) is 27.7 Å².